The Hall–Kier alpha value is -8.20. The third kappa shape index (κ3) is 6.49. The number of hydrogen-bond acceptors (Lipinski definition) is 0. The topological polar surface area (TPSA) is 9.86 Å². The molecule has 3 aliphatic carbocycles. The van der Waals surface area contributed by atoms with Crippen LogP contribution in [0.2, 0.25) is 0 Å². The quantitative estimate of drug-likeness (QED) is 0.157. The van der Waals surface area contributed by atoms with Gasteiger partial charge in [0.1, 0.15) is 0 Å². The maximum absolute atomic E-state index is 2.60. The molecule has 0 radical (unpaired) electrons. The predicted octanol–water partition coefficient (Wildman–Crippen LogP) is 18.9. The molecule has 2 heterocycles. The Labute approximate surface area is 427 Å². The molecule has 5 unspecified atom stereocenters. The highest BCUT2D eigenvalue weighted by atomic mass is 15.0. The van der Waals surface area contributed by atoms with Crippen LogP contribution >= 0.6 is 0 Å². The lowest BCUT2D eigenvalue weighted by Crippen LogP contribution is -2.49. The first kappa shape index (κ1) is 42.5. The summed E-state index contributed by atoms with van der Waals surface area (Å²) in [7, 11) is 0. The smallest absolute Gasteiger partial charge is 0.0547 e. The van der Waals surface area contributed by atoms with Crippen molar-refractivity contribution in [3.63, 3.8) is 0 Å². The summed E-state index contributed by atoms with van der Waals surface area (Å²) in [6, 6.07) is 86.7. The number of fused-ring (bicyclic) bond motifs is 14. The zero-order chi connectivity index (χ0) is 48.4. The highest BCUT2D eigenvalue weighted by Crippen LogP contribution is 2.65. The lowest BCUT2D eigenvalue weighted by molar-refractivity contribution is 0.0426. The lowest BCUT2D eigenvalue weighted by Gasteiger charge is -2.54. The number of hydrogen-bond donors (Lipinski definition) is 0. The summed E-state index contributed by atoms with van der Waals surface area (Å²) < 4.78 is 4.85. The van der Waals surface area contributed by atoms with Crippen LogP contribution in [-0.2, 0) is 5.41 Å². The van der Waals surface area contributed by atoms with E-state index in [1.165, 1.54) is 131 Å². The van der Waals surface area contributed by atoms with Gasteiger partial charge in [0.2, 0.25) is 0 Å². The van der Waals surface area contributed by atoms with Crippen molar-refractivity contribution < 1.29 is 0 Å². The minimum atomic E-state index is 0.0849. The van der Waals surface area contributed by atoms with E-state index < -0.39 is 0 Å². The van der Waals surface area contributed by atoms with Crippen molar-refractivity contribution >= 4 is 43.6 Å². The fraction of sp³-hybridized carbons (Fsp3) is 0.155. The number of aromatic nitrogens is 2. The van der Waals surface area contributed by atoms with Crippen molar-refractivity contribution in [2.24, 2.45) is 23.7 Å². The molecular weight excluding hydrogens is 881 g/mol. The summed E-state index contributed by atoms with van der Waals surface area (Å²) in [5.41, 5.74) is 23.2. The van der Waals surface area contributed by atoms with Crippen LogP contribution < -0.4 is 0 Å². The fourth-order valence-corrected chi connectivity index (χ4v) is 14.9. The Kier molecular flexibility index (Phi) is 9.55. The molecule has 2 bridgehead atoms. The van der Waals surface area contributed by atoms with E-state index >= 15 is 0 Å². The molecule has 15 rings (SSSR count). The van der Waals surface area contributed by atoms with Crippen LogP contribution in [-0.4, -0.2) is 9.13 Å². The van der Waals surface area contributed by atoms with Gasteiger partial charge in [-0.1, -0.05) is 178 Å². The zero-order valence-corrected chi connectivity index (χ0v) is 41.5. The molecule has 2 saturated carbocycles. The van der Waals surface area contributed by atoms with Crippen LogP contribution in [0.1, 0.15) is 50.7 Å². The largest absolute Gasteiger partial charge is 0.309 e. The fourth-order valence-electron chi connectivity index (χ4n) is 14.9. The molecule has 3 aliphatic rings. The van der Waals surface area contributed by atoms with E-state index in [4.69, 9.17) is 0 Å². The van der Waals surface area contributed by atoms with Crippen LogP contribution in [0.4, 0.5) is 0 Å². The third-order valence-electron chi connectivity index (χ3n) is 17.8. The SMILES string of the molecule is CC1CC2CC(C)C3(c4ccccc4-c4ccc(-c5cccc(-c6cccc(-c7ccc(-n8c9ccccc9c9ccc(-c%10ccc%11c%12ccccc%12n(-c%12ccccc%12)c%11c%10)cc98)cc7)c6)c5)cc43)C(C1)C2. The van der Waals surface area contributed by atoms with Gasteiger partial charge in [-0.2, -0.15) is 0 Å². The molecule has 10 aromatic carbocycles. The molecule has 5 atom stereocenters. The van der Waals surface area contributed by atoms with Gasteiger partial charge in [0, 0.05) is 38.3 Å². The number of benzene rings is 10. The van der Waals surface area contributed by atoms with Gasteiger partial charge in [-0.05, 0) is 183 Å². The van der Waals surface area contributed by atoms with Gasteiger partial charge in [-0.15, -0.1) is 0 Å². The Morgan fingerprint density at radius 3 is 1.45 bits per heavy atom. The van der Waals surface area contributed by atoms with Crippen LogP contribution in [0.15, 0.2) is 231 Å². The van der Waals surface area contributed by atoms with E-state index in [0.717, 1.165) is 17.5 Å². The third-order valence-corrected chi connectivity index (χ3v) is 17.8. The van der Waals surface area contributed by atoms with Gasteiger partial charge in [0.15, 0.2) is 0 Å². The molecule has 73 heavy (non-hydrogen) atoms. The number of para-hydroxylation sites is 3. The molecule has 0 N–H and O–H groups in total. The lowest BCUT2D eigenvalue weighted by atomic mass is 9.49. The second kappa shape index (κ2) is 16.4. The van der Waals surface area contributed by atoms with Crippen molar-refractivity contribution in [2.75, 3.05) is 0 Å². The molecule has 350 valence electrons. The molecule has 0 aliphatic heterocycles. The Morgan fingerprint density at radius 2 is 0.808 bits per heavy atom. The summed E-state index contributed by atoms with van der Waals surface area (Å²) >= 11 is 0. The molecule has 2 heteroatoms. The molecule has 2 fully saturated rings. The monoisotopic (exact) mass is 936 g/mol. The average molecular weight is 937 g/mol. The normalized spacial score (nSPS) is 20.0. The van der Waals surface area contributed by atoms with E-state index in [0.29, 0.717) is 11.8 Å². The molecule has 1 spiro atoms. The number of rotatable bonds is 6. The van der Waals surface area contributed by atoms with Crippen molar-refractivity contribution in [1.82, 2.24) is 9.13 Å². The van der Waals surface area contributed by atoms with Gasteiger partial charge in [0.25, 0.3) is 0 Å². The summed E-state index contributed by atoms with van der Waals surface area (Å²) in [6.45, 7) is 5.08. The zero-order valence-electron chi connectivity index (χ0n) is 41.5. The molecule has 0 amide bonds. The first-order chi connectivity index (χ1) is 36.0. The van der Waals surface area contributed by atoms with E-state index in [-0.39, 0.29) is 5.41 Å². The van der Waals surface area contributed by atoms with Crippen LogP contribution in [0.25, 0.3) is 111 Å². The standard InChI is InChI=1S/C71H56N2/c1-45-36-47-38-46(2)71(56(37-45)39-47)65-23-9-6-20-59(65)60-33-28-53(42-66(60)71)52-17-13-16-51(41-52)50-15-12-14-49(40-50)48-26-31-58(32-27-48)73-68-25-11-8-22-62(68)64-35-30-55(44-70(64)73)54-29-34-63-61-21-7-10-24-67(61)72(69(63)43-54)57-18-4-3-5-19-57/h3-35,40-47,56H,36-39H2,1-2H3. The van der Waals surface area contributed by atoms with Crippen molar-refractivity contribution in [1.29, 1.82) is 0 Å². The van der Waals surface area contributed by atoms with Gasteiger partial charge < -0.3 is 9.13 Å². The predicted molar refractivity (Wildman–Crippen MR) is 307 cm³/mol. The maximum Gasteiger partial charge on any atom is 0.0547 e. The average Bonchev–Trinajstić information content (AvgIpc) is 4.07. The molecule has 12 aromatic rings. The van der Waals surface area contributed by atoms with Gasteiger partial charge in [-0.25, -0.2) is 0 Å². The maximum atomic E-state index is 2.60. The van der Waals surface area contributed by atoms with E-state index in [1.807, 2.05) is 0 Å². The highest BCUT2D eigenvalue weighted by molar-refractivity contribution is 6.12. The van der Waals surface area contributed by atoms with Crippen LogP contribution in [0.5, 0.6) is 0 Å². The number of nitrogens with zero attached hydrogens (tertiary/aromatic N) is 2. The van der Waals surface area contributed by atoms with E-state index in [1.54, 1.807) is 11.1 Å². The van der Waals surface area contributed by atoms with Crippen molar-refractivity contribution in [3.8, 4) is 67.0 Å². The van der Waals surface area contributed by atoms with Gasteiger partial charge in [0.05, 0.1) is 22.1 Å². The minimum absolute atomic E-state index is 0.0849. The summed E-state index contributed by atoms with van der Waals surface area (Å²) in [4.78, 5) is 0. The molecule has 0 saturated heterocycles. The van der Waals surface area contributed by atoms with Crippen molar-refractivity contribution in [3.05, 3.63) is 242 Å². The van der Waals surface area contributed by atoms with Crippen molar-refractivity contribution in [2.45, 2.75) is 44.9 Å². The summed E-state index contributed by atoms with van der Waals surface area (Å²) in [5, 5.41) is 5.04. The van der Waals surface area contributed by atoms with E-state index in [2.05, 4.69) is 254 Å². The summed E-state index contributed by atoms with van der Waals surface area (Å²) in [5.74, 6) is 2.96. The molecule has 2 aromatic heterocycles. The molecule has 2 nitrogen and oxygen atoms in total. The Bertz CT molecular complexity index is 4150. The van der Waals surface area contributed by atoms with Gasteiger partial charge >= 0.3 is 0 Å². The second-order valence-corrected chi connectivity index (χ2v) is 21.9. The van der Waals surface area contributed by atoms with Gasteiger partial charge in [-0.3, -0.25) is 0 Å². The van der Waals surface area contributed by atoms with E-state index in [9.17, 15) is 0 Å². The highest BCUT2D eigenvalue weighted by Gasteiger charge is 2.56. The van der Waals surface area contributed by atoms with Crippen LogP contribution in [0.3, 0.4) is 0 Å². The summed E-state index contributed by atoms with van der Waals surface area (Å²) in [6.07, 6.45) is 5.43. The first-order valence-corrected chi connectivity index (χ1v) is 26.7. The molecular formula is C71H56N2. The first-order valence-electron chi connectivity index (χ1n) is 26.7. The minimum Gasteiger partial charge on any atom is -0.309 e. The Morgan fingerprint density at radius 1 is 0.329 bits per heavy atom. The Balaban J connectivity index is 0.768. The van der Waals surface area contributed by atoms with Crippen LogP contribution in [0, 0.1) is 23.7 Å². The second-order valence-electron chi connectivity index (χ2n) is 21.9.